The van der Waals surface area contributed by atoms with Crippen molar-refractivity contribution in [2.24, 2.45) is 0 Å². The molecule has 104 valence electrons. The van der Waals surface area contributed by atoms with E-state index >= 15 is 0 Å². The Balaban J connectivity index is 1.83. The van der Waals surface area contributed by atoms with Crippen LogP contribution in [-0.4, -0.2) is 46.1 Å². The third-order valence-electron chi connectivity index (χ3n) is 3.47. The van der Waals surface area contributed by atoms with Crippen molar-refractivity contribution in [1.29, 1.82) is 0 Å². The Morgan fingerprint density at radius 2 is 2.37 bits per heavy atom. The highest BCUT2D eigenvalue weighted by molar-refractivity contribution is 9.10. The molecular formula is C13H18BrN3O2. The van der Waals surface area contributed by atoms with E-state index in [9.17, 15) is 4.79 Å². The van der Waals surface area contributed by atoms with Crippen molar-refractivity contribution in [2.45, 2.75) is 31.8 Å². The van der Waals surface area contributed by atoms with Gasteiger partial charge in [-0.3, -0.25) is 9.69 Å². The molecule has 0 unspecified atom stereocenters. The summed E-state index contributed by atoms with van der Waals surface area (Å²) in [5.74, 6) is 0.0953. The highest BCUT2D eigenvalue weighted by Gasteiger charge is 2.34. The van der Waals surface area contributed by atoms with Crippen LogP contribution in [0.3, 0.4) is 0 Å². The maximum Gasteiger partial charge on any atom is 0.317 e. The van der Waals surface area contributed by atoms with Crippen LogP contribution in [0.25, 0.3) is 0 Å². The number of rotatable bonds is 6. The predicted molar refractivity (Wildman–Crippen MR) is 77.3 cm³/mol. The third-order valence-corrected chi connectivity index (χ3v) is 4.11. The van der Waals surface area contributed by atoms with Gasteiger partial charge in [-0.25, -0.2) is 4.98 Å². The third kappa shape index (κ3) is 3.67. The summed E-state index contributed by atoms with van der Waals surface area (Å²) in [6.07, 6.45) is 3.68. The number of carboxylic acids is 1. The maximum atomic E-state index is 10.8. The van der Waals surface area contributed by atoms with Gasteiger partial charge < -0.3 is 10.4 Å². The number of aromatic nitrogens is 1. The molecule has 1 fully saturated rings. The van der Waals surface area contributed by atoms with Crippen LogP contribution in [0.5, 0.6) is 0 Å². The van der Waals surface area contributed by atoms with E-state index in [4.69, 9.17) is 5.11 Å². The number of hydrogen-bond donors (Lipinski definition) is 2. The van der Waals surface area contributed by atoms with Gasteiger partial charge >= 0.3 is 5.97 Å². The highest BCUT2D eigenvalue weighted by atomic mass is 79.9. The van der Waals surface area contributed by atoms with E-state index in [2.05, 4.69) is 26.2 Å². The Labute approximate surface area is 121 Å². The first kappa shape index (κ1) is 14.3. The fraction of sp³-hybridized carbons (Fsp3) is 0.538. The molecule has 0 saturated heterocycles. The minimum absolute atomic E-state index is 0.126. The lowest BCUT2D eigenvalue weighted by atomic mass is 9.85. The second kappa shape index (κ2) is 6.34. The largest absolute Gasteiger partial charge is 0.480 e. The van der Waals surface area contributed by atoms with E-state index in [1.807, 2.05) is 24.0 Å². The lowest BCUT2D eigenvalue weighted by molar-refractivity contribution is -0.139. The first-order valence-corrected chi connectivity index (χ1v) is 7.22. The summed E-state index contributed by atoms with van der Waals surface area (Å²) in [6.45, 7) is 2.90. The number of halogens is 1. The molecule has 0 radical (unpaired) electrons. The normalized spacial score (nSPS) is 22.1. The number of carbonyl (C=O) groups is 1. The fourth-order valence-electron chi connectivity index (χ4n) is 2.36. The van der Waals surface area contributed by atoms with E-state index in [1.165, 1.54) is 0 Å². The van der Waals surface area contributed by atoms with Crippen LogP contribution in [0.1, 0.15) is 19.8 Å². The molecule has 5 nitrogen and oxygen atoms in total. The van der Waals surface area contributed by atoms with Gasteiger partial charge in [0.15, 0.2) is 0 Å². The number of nitrogens with one attached hydrogen (secondary N) is 1. The molecule has 1 aromatic heterocycles. The maximum absolute atomic E-state index is 10.8. The molecule has 0 amide bonds. The Morgan fingerprint density at radius 1 is 1.63 bits per heavy atom. The van der Waals surface area contributed by atoms with Crippen LogP contribution in [0, 0.1) is 0 Å². The Kier molecular flexibility index (Phi) is 4.76. The van der Waals surface area contributed by atoms with E-state index in [-0.39, 0.29) is 6.54 Å². The fourth-order valence-corrected chi connectivity index (χ4v) is 2.73. The molecule has 2 rings (SSSR count). The van der Waals surface area contributed by atoms with Gasteiger partial charge in [0.2, 0.25) is 0 Å². The zero-order valence-electron chi connectivity index (χ0n) is 10.8. The zero-order valence-corrected chi connectivity index (χ0v) is 12.4. The van der Waals surface area contributed by atoms with Crippen molar-refractivity contribution in [3.8, 4) is 0 Å². The molecule has 1 aromatic rings. The molecule has 0 bridgehead atoms. The average molecular weight is 328 g/mol. The number of nitrogens with zero attached hydrogens (tertiary/aromatic N) is 2. The molecular weight excluding hydrogens is 310 g/mol. The van der Waals surface area contributed by atoms with Crippen molar-refractivity contribution >= 4 is 27.7 Å². The summed E-state index contributed by atoms with van der Waals surface area (Å²) in [6, 6.07) is 4.57. The summed E-state index contributed by atoms with van der Waals surface area (Å²) < 4.78 is 0.955. The molecule has 1 aliphatic carbocycles. The molecule has 1 heterocycles. The van der Waals surface area contributed by atoms with Crippen molar-refractivity contribution in [3.63, 3.8) is 0 Å². The number of anilines is 1. The Bertz CT molecular complexity index is 449. The second-order valence-corrected chi connectivity index (χ2v) is 5.61. The molecule has 0 aliphatic heterocycles. The summed E-state index contributed by atoms with van der Waals surface area (Å²) >= 11 is 3.46. The van der Waals surface area contributed by atoms with Crippen molar-refractivity contribution in [1.82, 2.24) is 9.88 Å². The Morgan fingerprint density at radius 3 is 2.95 bits per heavy atom. The molecule has 6 heteroatoms. The SMILES string of the molecule is CCN(CC(=O)O)C1CC(Nc2ncccc2Br)C1. The quantitative estimate of drug-likeness (QED) is 0.838. The van der Waals surface area contributed by atoms with Crippen molar-refractivity contribution < 1.29 is 9.90 Å². The minimum atomic E-state index is -0.759. The van der Waals surface area contributed by atoms with Gasteiger partial charge in [-0.1, -0.05) is 6.92 Å². The van der Waals surface area contributed by atoms with E-state index in [0.717, 1.165) is 29.7 Å². The number of likely N-dealkylation sites (N-methyl/N-ethyl adjacent to an activating group) is 1. The van der Waals surface area contributed by atoms with Gasteiger partial charge in [0, 0.05) is 18.3 Å². The van der Waals surface area contributed by atoms with Crippen LogP contribution in [0.2, 0.25) is 0 Å². The molecule has 2 N–H and O–H groups in total. The zero-order chi connectivity index (χ0) is 13.8. The topological polar surface area (TPSA) is 65.5 Å². The van der Waals surface area contributed by atoms with Crippen LogP contribution in [0.15, 0.2) is 22.8 Å². The van der Waals surface area contributed by atoms with E-state index in [0.29, 0.717) is 12.1 Å². The van der Waals surface area contributed by atoms with E-state index < -0.39 is 5.97 Å². The standard InChI is InChI=1S/C13H18BrN3O2/c1-2-17(8-12(18)19)10-6-9(7-10)16-13-11(14)4-3-5-15-13/h3-5,9-10H,2,6-8H2,1H3,(H,15,16)(H,18,19). The summed E-state index contributed by atoms with van der Waals surface area (Å²) in [7, 11) is 0. The van der Waals surface area contributed by atoms with Gasteiger partial charge in [-0.05, 0) is 47.4 Å². The summed E-state index contributed by atoms with van der Waals surface area (Å²) in [4.78, 5) is 17.0. The number of pyridine rings is 1. The van der Waals surface area contributed by atoms with Crippen LogP contribution < -0.4 is 5.32 Å². The van der Waals surface area contributed by atoms with Gasteiger partial charge in [-0.15, -0.1) is 0 Å². The highest BCUT2D eigenvalue weighted by Crippen LogP contribution is 2.30. The monoisotopic (exact) mass is 327 g/mol. The predicted octanol–water partition coefficient (Wildman–Crippen LogP) is 2.19. The van der Waals surface area contributed by atoms with Gasteiger partial charge in [-0.2, -0.15) is 0 Å². The smallest absolute Gasteiger partial charge is 0.317 e. The number of carboxylic acid groups (broad SMARTS) is 1. The lowest BCUT2D eigenvalue weighted by Gasteiger charge is -2.42. The van der Waals surface area contributed by atoms with Crippen LogP contribution in [-0.2, 0) is 4.79 Å². The minimum Gasteiger partial charge on any atom is -0.480 e. The number of hydrogen-bond acceptors (Lipinski definition) is 4. The van der Waals surface area contributed by atoms with Gasteiger partial charge in [0.25, 0.3) is 0 Å². The van der Waals surface area contributed by atoms with Crippen molar-refractivity contribution in [3.05, 3.63) is 22.8 Å². The van der Waals surface area contributed by atoms with Crippen LogP contribution >= 0.6 is 15.9 Å². The second-order valence-electron chi connectivity index (χ2n) is 4.76. The van der Waals surface area contributed by atoms with Gasteiger partial charge in [0.05, 0.1) is 11.0 Å². The number of aliphatic carboxylic acids is 1. The molecule has 1 aliphatic rings. The molecule has 0 spiro atoms. The first-order valence-electron chi connectivity index (χ1n) is 6.43. The first-order chi connectivity index (χ1) is 9.10. The van der Waals surface area contributed by atoms with Crippen molar-refractivity contribution in [2.75, 3.05) is 18.4 Å². The van der Waals surface area contributed by atoms with Crippen LogP contribution in [0.4, 0.5) is 5.82 Å². The molecule has 0 aromatic carbocycles. The summed E-state index contributed by atoms with van der Waals surface area (Å²) in [5, 5.41) is 12.2. The summed E-state index contributed by atoms with van der Waals surface area (Å²) in [5.41, 5.74) is 0. The van der Waals surface area contributed by atoms with Gasteiger partial charge in [0.1, 0.15) is 5.82 Å². The molecule has 0 atom stereocenters. The van der Waals surface area contributed by atoms with E-state index in [1.54, 1.807) is 6.20 Å². The average Bonchev–Trinajstić information content (AvgIpc) is 2.32. The molecule has 19 heavy (non-hydrogen) atoms. The molecule has 1 saturated carbocycles. The lowest BCUT2D eigenvalue weighted by Crippen LogP contribution is -2.51. The Hall–Kier alpha value is -1.14.